The predicted octanol–water partition coefficient (Wildman–Crippen LogP) is 3.42. The first-order valence-corrected chi connectivity index (χ1v) is 11.2. The summed E-state index contributed by atoms with van der Waals surface area (Å²) in [5.74, 6) is -0.561. The highest BCUT2D eigenvalue weighted by Gasteiger charge is 2.22. The van der Waals surface area contributed by atoms with Gasteiger partial charge in [-0.25, -0.2) is 17.5 Å². The lowest BCUT2D eigenvalue weighted by Crippen LogP contribution is -2.32. The number of amides is 1. The van der Waals surface area contributed by atoms with Gasteiger partial charge in [0.2, 0.25) is 15.9 Å². The summed E-state index contributed by atoms with van der Waals surface area (Å²) in [6, 6.07) is 12.6. The molecule has 1 amide bonds. The van der Waals surface area contributed by atoms with Gasteiger partial charge >= 0.3 is 0 Å². The number of hydrogen-bond donors (Lipinski definition) is 2. The number of hydrogen-bond acceptors (Lipinski definition) is 3. The SMILES string of the molecule is O=C(/C=C/c1ccc(F)cc1)NCCc1ccc(S(=O)(=O)NC2CCCC2)cc1. The van der Waals surface area contributed by atoms with Gasteiger partial charge in [-0.05, 0) is 60.7 Å². The molecule has 1 saturated carbocycles. The lowest BCUT2D eigenvalue weighted by atomic mass is 10.1. The topological polar surface area (TPSA) is 75.3 Å². The van der Waals surface area contributed by atoms with Crippen LogP contribution in [0.5, 0.6) is 0 Å². The minimum Gasteiger partial charge on any atom is -0.352 e. The van der Waals surface area contributed by atoms with Crippen LogP contribution in [0.15, 0.2) is 59.5 Å². The van der Waals surface area contributed by atoms with Crippen LogP contribution >= 0.6 is 0 Å². The molecule has 0 aromatic heterocycles. The molecular weight excluding hydrogens is 391 g/mol. The van der Waals surface area contributed by atoms with E-state index in [-0.39, 0.29) is 22.7 Å². The Kier molecular flexibility index (Phi) is 7.17. The van der Waals surface area contributed by atoms with E-state index in [1.807, 2.05) is 0 Å². The molecule has 3 rings (SSSR count). The molecule has 0 bridgehead atoms. The summed E-state index contributed by atoms with van der Waals surface area (Å²) < 4.78 is 40.4. The van der Waals surface area contributed by atoms with Gasteiger partial charge in [0.25, 0.3) is 0 Å². The van der Waals surface area contributed by atoms with Crippen LogP contribution in [-0.2, 0) is 21.2 Å². The average molecular weight is 417 g/mol. The van der Waals surface area contributed by atoms with Crippen molar-refractivity contribution in [3.05, 3.63) is 71.6 Å². The lowest BCUT2D eigenvalue weighted by Gasteiger charge is -2.12. The summed E-state index contributed by atoms with van der Waals surface area (Å²) in [6.07, 6.45) is 7.53. The molecule has 0 spiro atoms. The third-order valence-electron chi connectivity index (χ3n) is 4.92. The summed E-state index contributed by atoms with van der Waals surface area (Å²) in [5, 5.41) is 2.78. The first-order valence-electron chi connectivity index (χ1n) is 9.75. The lowest BCUT2D eigenvalue weighted by molar-refractivity contribution is -0.116. The van der Waals surface area contributed by atoms with Crippen LogP contribution in [0.3, 0.4) is 0 Å². The number of rotatable bonds is 8. The van der Waals surface area contributed by atoms with Gasteiger partial charge in [0.1, 0.15) is 5.82 Å². The maximum atomic E-state index is 12.9. The molecule has 7 heteroatoms. The van der Waals surface area contributed by atoms with Crippen molar-refractivity contribution in [2.45, 2.75) is 43.0 Å². The van der Waals surface area contributed by atoms with E-state index in [9.17, 15) is 17.6 Å². The van der Waals surface area contributed by atoms with Gasteiger partial charge in [-0.3, -0.25) is 4.79 Å². The zero-order chi connectivity index (χ0) is 20.7. The molecule has 1 aliphatic carbocycles. The standard InChI is InChI=1S/C22H25FN2O3S/c23-19-10-5-17(6-11-19)9-14-22(26)24-16-15-18-7-12-21(13-8-18)29(27,28)25-20-3-1-2-4-20/h5-14,20,25H,1-4,15-16H2,(H,24,26)/b14-9+. The van der Waals surface area contributed by atoms with Crippen molar-refractivity contribution >= 4 is 22.0 Å². The Hall–Kier alpha value is -2.51. The monoisotopic (exact) mass is 416 g/mol. The molecule has 154 valence electrons. The van der Waals surface area contributed by atoms with Crippen molar-refractivity contribution in [1.29, 1.82) is 0 Å². The molecule has 1 aliphatic rings. The van der Waals surface area contributed by atoms with E-state index < -0.39 is 10.0 Å². The molecule has 0 radical (unpaired) electrons. The zero-order valence-corrected chi connectivity index (χ0v) is 16.9. The van der Waals surface area contributed by atoms with E-state index in [1.165, 1.54) is 18.2 Å². The van der Waals surface area contributed by atoms with Gasteiger partial charge in [-0.1, -0.05) is 37.1 Å². The molecule has 2 aromatic carbocycles. The maximum absolute atomic E-state index is 12.9. The molecule has 2 N–H and O–H groups in total. The second-order valence-electron chi connectivity index (χ2n) is 7.17. The van der Waals surface area contributed by atoms with E-state index in [1.54, 1.807) is 42.5 Å². The van der Waals surface area contributed by atoms with Gasteiger partial charge in [0.05, 0.1) is 4.90 Å². The van der Waals surface area contributed by atoms with Crippen LogP contribution < -0.4 is 10.0 Å². The van der Waals surface area contributed by atoms with Gasteiger partial charge in [0, 0.05) is 18.7 Å². The molecule has 29 heavy (non-hydrogen) atoms. The van der Waals surface area contributed by atoms with Crippen LogP contribution in [-0.4, -0.2) is 26.9 Å². The quantitative estimate of drug-likeness (QED) is 0.648. The van der Waals surface area contributed by atoms with E-state index in [4.69, 9.17) is 0 Å². The molecule has 0 heterocycles. The Morgan fingerprint density at radius 2 is 1.69 bits per heavy atom. The molecule has 5 nitrogen and oxygen atoms in total. The second-order valence-corrected chi connectivity index (χ2v) is 8.89. The zero-order valence-electron chi connectivity index (χ0n) is 16.1. The van der Waals surface area contributed by atoms with Gasteiger partial charge < -0.3 is 5.32 Å². The van der Waals surface area contributed by atoms with Crippen molar-refractivity contribution in [2.24, 2.45) is 0 Å². The summed E-state index contributed by atoms with van der Waals surface area (Å²) >= 11 is 0. The first-order chi connectivity index (χ1) is 13.9. The van der Waals surface area contributed by atoms with E-state index >= 15 is 0 Å². The van der Waals surface area contributed by atoms with Crippen molar-refractivity contribution in [2.75, 3.05) is 6.54 Å². The number of benzene rings is 2. The number of sulfonamides is 1. The van der Waals surface area contributed by atoms with Crippen molar-refractivity contribution in [3.8, 4) is 0 Å². The summed E-state index contributed by atoms with van der Waals surface area (Å²) in [6.45, 7) is 0.430. The third-order valence-corrected chi connectivity index (χ3v) is 6.46. The molecule has 0 atom stereocenters. The maximum Gasteiger partial charge on any atom is 0.244 e. The minimum atomic E-state index is -3.48. The molecule has 0 saturated heterocycles. The highest BCUT2D eigenvalue weighted by Crippen LogP contribution is 2.20. The second kappa shape index (κ2) is 9.80. The normalized spacial score (nSPS) is 15.1. The predicted molar refractivity (Wildman–Crippen MR) is 111 cm³/mol. The largest absolute Gasteiger partial charge is 0.352 e. The van der Waals surface area contributed by atoms with Crippen LogP contribution in [0.2, 0.25) is 0 Å². The molecule has 2 aromatic rings. The fourth-order valence-corrected chi connectivity index (χ4v) is 4.61. The summed E-state index contributed by atoms with van der Waals surface area (Å²) in [4.78, 5) is 12.1. The Morgan fingerprint density at radius 3 is 2.34 bits per heavy atom. The number of nitrogens with one attached hydrogen (secondary N) is 2. The average Bonchev–Trinajstić information content (AvgIpc) is 3.20. The summed E-state index contributed by atoms with van der Waals surface area (Å²) in [7, 11) is -3.48. The first kappa shape index (κ1) is 21.2. The molecule has 0 unspecified atom stereocenters. The van der Waals surface area contributed by atoms with E-state index in [0.29, 0.717) is 13.0 Å². The van der Waals surface area contributed by atoms with Crippen molar-refractivity contribution < 1.29 is 17.6 Å². The summed E-state index contributed by atoms with van der Waals surface area (Å²) in [5.41, 5.74) is 1.68. The Bertz CT molecular complexity index is 949. The number of carbonyl (C=O) groups excluding carboxylic acids is 1. The highest BCUT2D eigenvalue weighted by molar-refractivity contribution is 7.89. The Balaban J connectivity index is 1.46. The minimum absolute atomic E-state index is 0.0397. The van der Waals surface area contributed by atoms with Crippen LogP contribution in [0, 0.1) is 5.82 Å². The Morgan fingerprint density at radius 1 is 1.03 bits per heavy atom. The number of carbonyl (C=O) groups is 1. The van der Waals surface area contributed by atoms with Crippen molar-refractivity contribution in [3.63, 3.8) is 0 Å². The van der Waals surface area contributed by atoms with Gasteiger partial charge in [0.15, 0.2) is 0 Å². The van der Waals surface area contributed by atoms with Gasteiger partial charge in [-0.15, -0.1) is 0 Å². The number of halogens is 1. The van der Waals surface area contributed by atoms with Gasteiger partial charge in [-0.2, -0.15) is 0 Å². The van der Waals surface area contributed by atoms with Crippen LogP contribution in [0.4, 0.5) is 4.39 Å². The van der Waals surface area contributed by atoms with E-state index in [2.05, 4.69) is 10.0 Å². The van der Waals surface area contributed by atoms with E-state index in [0.717, 1.165) is 36.8 Å². The smallest absolute Gasteiger partial charge is 0.244 e. The fraction of sp³-hybridized carbons (Fsp3) is 0.318. The highest BCUT2D eigenvalue weighted by atomic mass is 32.2. The molecule has 0 aliphatic heterocycles. The molecule has 1 fully saturated rings. The fourth-order valence-electron chi connectivity index (χ4n) is 3.30. The Labute approximate surface area is 171 Å². The van der Waals surface area contributed by atoms with Crippen LogP contribution in [0.25, 0.3) is 6.08 Å². The van der Waals surface area contributed by atoms with Crippen molar-refractivity contribution in [1.82, 2.24) is 10.0 Å². The van der Waals surface area contributed by atoms with Crippen LogP contribution in [0.1, 0.15) is 36.8 Å². The third kappa shape index (κ3) is 6.51. The molecular formula is C22H25FN2O3S.